The zero-order valence-electron chi connectivity index (χ0n) is 7.00. The van der Waals surface area contributed by atoms with Gasteiger partial charge >= 0.3 is 0 Å². The van der Waals surface area contributed by atoms with Crippen LogP contribution in [0.5, 0.6) is 5.75 Å². The van der Waals surface area contributed by atoms with Crippen molar-refractivity contribution in [3.05, 3.63) is 23.0 Å². The van der Waals surface area contributed by atoms with Gasteiger partial charge in [0, 0.05) is 24.4 Å². The first-order valence-electron chi connectivity index (χ1n) is 3.63. The van der Waals surface area contributed by atoms with Gasteiger partial charge < -0.3 is 9.84 Å². The number of halogens is 2. The van der Waals surface area contributed by atoms with Crippen LogP contribution in [-0.4, -0.2) is 21.3 Å². The minimum atomic E-state index is -0.452. The van der Waals surface area contributed by atoms with Crippen molar-refractivity contribution >= 4 is 34.2 Å². The Kier molecular flexibility index (Phi) is 4.21. The molecule has 0 aliphatic heterocycles. The molecule has 1 atom stereocenters. The van der Waals surface area contributed by atoms with E-state index in [2.05, 4.69) is 4.98 Å². The van der Waals surface area contributed by atoms with Gasteiger partial charge in [-0.25, -0.2) is 0 Å². The lowest BCUT2D eigenvalue weighted by atomic mass is 10.2. The Morgan fingerprint density at radius 3 is 2.92 bits per heavy atom. The molecule has 1 aromatic rings. The van der Waals surface area contributed by atoms with Crippen LogP contribution < -0.4 is 4.74 Å². The number of alkyl halides is 1. The number of aliphatic hydroxyl groups excluding tert-OH is 1. The minimum absolute atomic E-state index is 0.452. The summed E-state index contributed by atoms with van der Waals surface area (Å²) < 4.78 is 4.64. The van der Waals surface area contributed by atoms with E-state index >= 15 is 0 Å². The molecular formula is C8H9ClINO2. The van der Waals surface area contributed by atoms with E-state index in [1.807, 2.05) is 22.6 Å². The second-order valence-corrected chi connectivity index (χ2v) is 4.30. The highest BCUT2D eigenvalue weighted by Crippen LogP contribution is 2.28. The van der Waals surface area contributed by atoms with Crippen molar-refractivity contribution in [2.75, 3.05) is 7.11 Å². The van der Waals surface area contributed by atoms with Crippen LogP contribution in [0, 0.1) is 0 Å². The Labute approximate surface area is 95.2 Å². The third-order valence-corrected chi connectivity index (χ3v) is 2.23. The number of aliphatic hydroxyl groups is 1. The summed E-state index contributed by atoms with van der Waals surface area (Å²) in [6.07, 6.45) is 3.65. The smallest absolute Gasteiger partial charge is 0.143 e. The van der Waals surface area contributed by atoms with Crippen LogP contribution in [0.3, 0.4) is 0 Å². The molecule has 3 nitrogen and oxygen atoms in total. The SMILES string of the molecule is COc1c(Cl)cncc1CC(O)I. The van der Waals surface area contributed by atoms with Crippen molar-refractivity contribution < 1.29 is 9.84 Å². The van der Waals surface area contributed by atoms with Gasteiger partial charge in [-0.15, -0.1) is 0 Å². The minimum Gasteiger partial charge on any atom is -0.495 e. The van der Waals surface area contributed by atoms with Gasteiger partial charge in [-0.1, -0.05) is 34.2 Å². The van der Waals surface area contributed by atoms with E-state index < -0.39 is 4.11 Å². The van der Waals surface area contributed by atoms with E-state index in [0.29, 0.717) is 17.2 Å². The van der Waals surface area contributed by atoms with Crippen LogP contribution in [0.2, 0.25) is 5.02 Å². The Balaban J connectivity index is 2.98. The normalized spacial score (nSPS) is 12.6. The summed E-state index contributed by atoms with van der Waals surface area (Å²) in [5.74, 6) is 0.590. The predicted molar refractivity (Wildman–Crippen MR) is 59.5 cm³/mol. The van der Waals surface area contributed by atoms with Crippen molar-refractivity contribution in [3.8, 4) is 5.75 Å². The van der Waals surface area contributed by atoms with Crippen LogP contribution in [0.25, 0.3) is 0 Å². The average Bonchev–Trinajstić information content (AvgIpc) is 2.03. The molecule has 0 radical (unpaired) electrons. The molecule has 0 aliphatic carbocycles. The highest BCUT2D eigenvalue weighted by Gasteiger charge is 2.10. The summed E-state index contributed by atoms with van der Waals surface area (Å²) in [6, 6.07) is 0. The second kappa shape index (κ2) is 4.97. The molecule has 0 amide bonds. The fourth-order valence-corrected chi connectivity index (χ4v) is 1.75. The maximum absolute atomic E-state index is 9.18. The van der Waals surface area contributed by atoms with E-state index in [1.165, 1.54) is 6.20 Å². The molecule has 1 unspecified atom stereocenters. The van der Waals surface area contributed by atoms with E-state index in [-0.39, 0.29) is 0 Å². The van der Waals surface area contributed by atoms with Crippen molar-refractivity contribution in [2.45, 2.75) is 10.5 Å². The number of ether oxygens (including phenoxy) is 1. The molecule has 1 heterocycles. The van der Waals surface area contributed by atoms with E-state index in [0.717, 1.165) is 5.56 Å². The number of pyridine rings is 1. The molecule has 0 spiro atoms. The Hall–Kier alpha value is -0.0700. The molecule has 72 valence electrons. The largest absolute Gasteiger partial charge is 0.495 e. The number of nitrogens with zero attached hydrogens (tertiary/aromatic N) is 1. The molecule has 1 aromatic heterocycles. The van der Waals surface area contributed by atoms with Crippen molar-refractivity contribution in [1.82, 2.24) is 4.98 Å². The summed E-state index contributed by atoms with van der Waals surface area (Å²) in [7, 11) is 1.55. The first kappa shape index (κ1) is 11.0. The van der Waals surface area contributed by atoms with Crippen LogP contribution in [0.4, 0.5) is 0 Å². The lowest BCUT2D eigenvalue weighted by molar-refractivity contribution is 0.277. The number of hydrogen-bond donors (Lipinski definition) is 1. The van der Waals surface area contributed by atoms with Gasteiger partial charge in [0.05, 0.1) is 7.11 Å². The van der Waals surface area contributed by atoms with Gasteiger partial charge in [-0.2, -0.15) is 0 Å². The molecule has 5 heteroatoms. The van der Waals surface area contributed by atoms with Crippen LogP contribution in [-0.2, 0) is 6.42 Å². The highest BCUT2D eigenvalue weighted by atomic mass is 127. The molecule has 0 saturated heterocycles. The molecule has 1 rings (SSSR count). The van der Waals surface area contributed by atoms with Crippen molar-refractivity contribution in [3.63, 3.8) is 0 Å². The number of aromatic nitrogens is 1. The van der Waals surface area contributed by atoms with Crippen LogP contribution >= 0.6 is 34.2 Å². The van der Waals surface area contributed by atoms with Gasteiger partial charge in [0.1, 0.15) is 14.9 Å². The van der Waals surface area contributed by atoms with Crippen molar-refractivity contribution in [2.24, 2.45) is 0 Å². The fraction of sp³-hybridized carbons (Fsp3) is 0.375. The Morgan fingerprint density at radius 1 is 1.69 bits per heavy atom. The summed E-state index contributed by atoms with van der Waals surface area (Å²) in [5.41, 5.74) is 0.817. The van der Waals surface area contributed by atoms with Gasteiger partial charge in [-0.3, -0.25) is 4.98 Å². The quantitative estimate of drug-likeness (QED) is 0.686. The van der Waals surface area contributed by atoms with Crippen LogP contribution in [0.15, 0.2) is 12.4 Å². The van der Waals surface area contributed by atoms with Gasteiger partial charge in [0.15, 0.2) is 0 Å². The first-order chi connectivity index (χ1) is 6.15. The van der Waals surface area contributed by atoms with E-state index in [1.54, 1.807) is 13.3 Å². The summed E-state index contributed by atoms with van der Waals surface area (Å²) in [5, 5.41) is 9.65. The molecule has 13 heavy (non-hydrogen) atoms. The zero-order valence-corrected chi connectivity index (χ0v) is 9.91. The zero-order chi connectivity index (χ0) is 9.84. The fourth-order valence-electron chi connectivity index (χ4n) is 1.02. The predicted octanol–water partition coefficient (Wildman–Crippen LogP) is 2.04. The summed E-state index contributed by atoms with van der Waals surface area (Å²) in [6.45, 7) is 0. The molecule has 0 bridgehead atoms. The summed E-state index contributed by atoms with van der Waals surface area (Å²) >= 11 is 7.76. The lowest BCUT2D eigenvalue weighted by Gasteiger charge is -2.09. The third kappa shape index (κ3) is 2.96. The number of rotatable bonds is 3. The Morgan fingerprint density at radius 2 is 2.38 bits per heavy atom. The summed E-state index contributed by atoms with van der Waals surface area (Å²) in [4.78, 5) is 3.92. The number of methoxy groups -OCH3 is 1. The van der Waals surface area contributed by atoms with Gasteiger partial charge in [-0.05, 0) is 0 Å². The molecule has 0 fully saturated rings. The van der Waals surface area contributed by atoms with Crippen LogP contribution in [0.1, 0.15) is 5.56 Å². The second-order valence-electron chi connectivity index (χ2n) is 2.45. The Bertz CT molecular complexity index is 293. The molecule has 1 N–H and O–H groups in total. The maximum atomic E-state index is 9.18. The van der Waals surface area contributed by atoms with E-state index in [4.69, 9.17) is 16.3 Å². The molecule has 0 aliphatic rings. The van der Waals surface area contributed by atoms with Crippen molar-refractivity contribution in [1.29, 1.82) is 0 Å². The first-order valence-corrected chi connectivity index (χ1v) is 5.26. The number of hydrogen-bond acceptors (Lipinski definition) is 3. The molecular weight excluding hydrogens is 304 g/mol. The monoisotopic (exact) mass is 313 g/mol. The van der Waals surface area contributed by atoms with Gasteiger partial charge in [0.25, 0.3) is 0 Å². The molecule has 0 saturated carbocycles. The lowest BCUT2D eigenvalue weighted by Crippen LogP contribution is -2.03. The van der Waals surface area contributed by atoms with Gasteiger partial charge in [0.2, 0.25) is 0 Å². The highest BCUT2D eigenvalue weighted by molar-refractivity contribution is 14.1. The third-order valence-electron chi connectivity index (χ3n) is 1.52. The average molecular weight is 314 g/mol. The standard InChI is InChI=1S/C8H9ClINO2/c1-13-8-5(2-7(10)12)3-11-4-6(8)9/h3-4,7,12H,2H2,1H3. The topological polar surface area (TPSA) is 42.4 Å². The maximum Gasteiger partial charge on any atom is 0.143 e. The van der Waals surface area contributed by atoms with E-state index in [9.17, 15) is 5.11 Å². The molecule has 0 aromatic carbocycles.